The Kier molecular flexibility index (Phi) is 4.33. The van der Waals surface area contributed by atoms with Crippen LogP contribution in [0.3, 0.4) is 0 Å². The van der Waals surface area contributed by atoms with Crippen LogP contribution in [-0.2, 0) is 4.79 Å². The smallest absolute Gasteiger partial charge is 0.335 e. The first-order chi connectivity index (χ1) is 8.12. The van der Waals surface area contributed by atoms with Crippen LogP contribution >= 0.6 is 11.8 Å². The molecule has 1 atom stereocenters. The summed E-state index contributed by atoms with van der Waals surface area (Å²) >= 11 is 2.00. The molecule has 0 aliphatic carbocycles. The van der Waals surface area contributed by atoms with Crippen molar-refractivity contribution >= 4 is 17.7 Å². The number of aliphatic hydroxyl groups is 1. The van der Waals surface area contributed by atoms with Gasteiger partial charge in [0.15, 0.2) is 5.60 Å². The third-order valence-electron chi connectivity index (χ3n) is 3.95. The van der Waals surface area contributed by atoms with Crippen LogP contribution in [0.15, 0.2) is 0 Å². The molecule has 98 valence electrons. The molecule has 0 amide bonds. The molecule has 0 saturated carbocycles. The number of carboxylic acids is 1. The van der Waals surface area contributed by atoms with Crippen molar-refractivity contribution in [2.75, 3.05) is 24.6 Å². The standard InChI is InChI=1S/C12H21NO3S/c14-11(15)12(16)4-1-6-13(7-5-12)10-2-8-17-9-3-10/h10,16H,1-9H2,(H,14,15). The number of nitrogens with zero attached hydrogens (tertiary/aromatic N) is 1. The van der Waals surface area contributed by atoms with Gasteiger partial charge in [0.2, 0.25) is 0 Å². The topological polar surface area (TPSA) is 60.8 Å². The Morgan fingerprint density at radius 2 is 1.94 bits per heavy atom. The normalized spacial score (nSPS) is 33.2. The maximum absolute atomic E-state index is 11.0. The van der Waals surface area contributed by atoms with Gasteiger partial charge in [0.25, 0.3) is 0 Å². The van der Waals surface area contributed by atoms with Crippen LogP contribution in [0, 0.1) is 0 Å². The fraction of sp³-hybridized carbons (Fsp3) is 0.917. The molecule has 2 aliphatic heterocycles. The van der Waals surface area contributed by atoms with E-state index in [1.54, 1.807) is 0 Å². The van der Waals surface area contributed by atoms with Crippen LogP contribution in [0.1, 0.15) is 32.1 Å². The van der Waals surface area contributed by atoms with Gasteiger partial charge in [-0.2, -0.15) is 11.8 Å². The Hall–Kier alpha value is -0.260. The van der Waals surface area contributed by atoms with Crippen LogP contribution in [0.4, 0.5) is 0 Å². The second-order valence-electron chi connectivity index (χ2n) is 5.07. The lowest BCUT2D eigenvalue weighted by molar-refractivity contribution is -0.159. The molecule has 5 heteroatoms. The zero-order valence-electron chi connectivity index (χ0n) is 10.1. The molecule has 0 bridgehead atoms. The SMILES string of the molecule is O=C(O)C1(O)CCCN(C2CCSCC2)CC1. The largest absolute Gasteiger partial charge is 0.479 e. The summed E-state index contributed by atoms with van der Waals surface area (Å²) in [5.41, 5.74) is -1.49. The number of aliphatic carboxylic acids is 1. The van der Waals surface area contributed by atoms with Gasteiger partial charge in [-0.15, -0.1) is 0 Å². The van der Waals surface area contributed by atoms with E-state index in [9.17, 15) is 9.90 Å². The zero-order chi connectivity index (χ0) is 12.3. The van der Waals surface area contributed by atoms with E-state index >= 15 is 0 Å². The maximum atomic E-state index is 11.0. The molecule has 2 aliphatic rings. The van der Waals surface area contributed by atoms with E-state index in [4.69, 9.17) is 5.11 Å². The number of rotatable bonds is 2. The second kappa shape index (κ2) is 5.59. The number of hydrogen-bond donors (Lipinski definition) is 2. The van der Waals surface area contributed by atoms with Gasteiger partial charge in [0, 0.05) is 12.6 Å². The third-order valence-corrected chi connectivity index (χ3v) is 5.00. The van der Waals surface area contributed by atoms with Crippen molar-refractivity contribution in [3.8, 4) is 0 Å². The highest BCUT2D eigenvalue weighted by atomic mass is 32.2. The predicted molar refractivity (Wildman–Crippen MR) is 68.4 cm³/mol. The van der Waals surface area contributed by atoms with Crippen molar-refractivity contribution in [2.24, 2.45) is 0 Å². The average Bonchev–Trinajstić information content (AvgIpc) is 2.54. The Balaban J connectivity index is 1.93. The van der Waals surface area contributed by atoms with Crippen molar-refractivity contribution in [1.29, 1.82) is 0 Å². The van der Waals surface area contributed by atoms with Crippen molar-refractivity contribution < 1.29 is 15.0 Å². The van der Waals surface area contributed by atoms with Crippen LogP contribution in [0.5, 0.6) is 0 Å². The zero-order valence-corrected chi connectivity index (χ0v) is 10.9. The van der Waals surface area contributed by atoms with Crippen LogP contribution in [0.25, 0.3) is 0 Å². The molecule has 4 nitrogen and oxygen atoms in total. The molecular formula is C12H21NO3S. The number of thioether (sulfide) groups is 1. The highest BCUT2D eigenvalue weighted by Crippen LogP contribution is 2.27. The first-order valence-electron chi connectivity index (χ1n) is 6.39. The van der Waals surface area contributed by atoms with Crippen LogP contribution in [0.2, 0.25) is 0 Å². The maximum Gasteiger partial charge on any atom is 0.335 e. The monoisotopic (exact) mass is 259 g/mol. The number of carboxylic acid groups (broad SMARTS) is 1. The van der Waals surface area contributed by atoms with Gasteiger partial charge in [-0.25, -0.2) is 4.79 Å². The lowest BCUT2D eigenvalue weighted by atomic mass is 9.95. The van der Waals surface area contributed by atoms with Gasteiger partial charge in [-0.05, 0) is 50.2 Å². The lowest BCUT2D eigenvalue weighted by Crippen LogP contribution is -2.42. The minimum atomic E-state index is -1.49. The fourth-order valence-electron chi connectivity index (χ4n) is 2.77. The van der Waals surface area contributed by atoms with Gasteiger partial charge < -0.3 is 15.1 Å². The summed E-state index contributed by atoms with van der Waals surface area (Å²) in [6, 6.07) is 0.604. The summed E-state index contributed by atoms with van der Waals surface area (Å²) in [5, 5.41) is 19.1. The summed E-state index contributed by atoms with van der Waals surface area (Å²) in [6.45, 7) is 1.66. The summed E-state index contributed by atoms with van der Waals surface area (Å²) in [5.74, 6) is 1.37. The highest BCUT2D eigenvalue weighted by Gasteiger charge is 2.38. The molecule has 0 aromatic heterocycles. The molecule has 0 aromatic rings. The third kappa shape index (κ3) is 3.14. The van der Waals surface area contributed by atoms with Gasteiger partial charge in [-0.1, -0.05) is 0 Å². The molecule has 0 aromatic carbocycles. The molecular weight excluding hydrogens is 238 g/mol. The first kappa shape index (κ1) is 13.2. The Morgan fingerprint density at radius 1 is 1.24 bits per heavy atom. The summed E-state index contributed by atoms with van der Waals surface area (Å²) < 4.78 is 0. The van der Waals surface area contributed by atoms with Crippen molar-refractivity contribution in [3.63, 3.8) is 0 Å². The molecule has 2 rings (SSSR count). The first-order valence-corrected chi connectivity index (χ1v) is 7.55. The molecule has 2 fully saturated rings. The van der Waals surface area contributed by atoms with E-state index in [0.29, 0.717) is 18.9 Å². The molecule has 2 N–H and O–H groups in total. The predicted octanol–water partition coefficient (Wildman–Crippen LogP) is 1.18. The Labute approximate surface area is 106 Å². The minimum absolute atomic E-state index is 0.367. The van der Waals surface area contributed by atoms with E-state index in [-0.39, 0.29) is 0 Å². The quantitative estimate of drug-likeness (QED) is 0.780. The van der Waals surface area contributed by atoms with E-state index < -0.39 is 11.6 Å². The molecule has 2 heterocycles. The van der Waals surface area contributed by atoms with Crippen molar-refractivity contribution in [1.82, 2.24) is 4.90 Å². The number of hydrogen-bond acceptors (Lipinski definition) is 4. The number of carbonyl (C=O) groups is 1. The fourth-order valence-corrected chi connectivity index (χ4v) is 3.85. The van der Waals surface area contributed by atoms with Gasteiger partial charge in [-0.3, -0.25) is 0 Å². The van der Waals surface area contributed by atoms with Crippen molar-refractivity contribution in [3.05, 3.63) is 0 Å². The minimum Gasteiger partial charge on any atom is -0.479 e. The van der Waals surface area contributed by atoms with Gasteiger partial charge >= 0.3 is 5.97 Å². The Bertz CT molecular complexity index is 281. The number of likely N-dealkylation sites (tertiary alicyclic amines) is 1. The molecule has 0 spiro atoms. The van der Waals surface area contributed by atoms with Gasteiger partial charge in [0.05, 0.1) is 0 Å². The molecule has 0 radical (unpaired) electrons. The van der Waals surface area contributed by atoms with E-state index in [2.05, 4.69) is 4.90 Å². The molecule has 1 unspecified atom stereocenters. The van der Waals surface area contributed by atoms with E-state index in [0.717, 1.165) is 19.5 Å². The summed E-state index contributed by atoms with van der Waals surface area (Å²) in [4.78, 5) is 13.4. The average molecular weight is 259 g/mol. The summed E-state index contributed by atoms with van der Waals surface area (Å²) in [7, 11) is 0. The van der Waals surface area contributed by atoms with E-state index in [1.165, 1.54) is 24.3 Å². The molecule has 2 saturated heterocycles. The lowest BCUT2D eigenvalue weighted by Gasteiger charge is -2.33. The summed E-state index contributed by atoms with van der Waals surface area (Å²) in [6.07, 6.45) is 3.95. The van der Waals surface area contributed by atoms with Crippen molar-refractivity contribution in [2.45, 2.75) is 43.7 Å². The Morgan fingerprint density at radius 3 is 2.59 bits per heavy atom. The van der Waals surface area contributed by atoms with Crippen LogP contribution in [-0.4, -0.2) is 57.3 Å². The van der Waals surface area contributed by atoms with Gasteiger partial charge in [0.1, 0.15) is 0 Å². The second-order valence-corrected chi connectivity index (χ2v) is 6.29. The van der Waals surface area contributed by atoms with Crippen LogP contribution < -0.4 is 0 Å². The van der Waals surface area contributed by atoms with E-state index in [1.807, 2.05) is 11.8 Å². The highest BCUT2D eigenvalue weighted by molar-refractivity contribution is 7.99. The molecule has 17 heavy (non-hydrogen) atoms.